The van der Waals surface area contributed by atoms with Crippen LogP contribution in [0.1, 0.15) is 155 Å². The summed E-state index contributed by atoms with van der Waals surface area (Å²) in [5.74, 6) is 0.408. The van der Waals surface area contributed by atoms with Gasteiger partial charge in [0.25, 0.3) is 0 Å². The fraction of sp³-hybridized carbons (Fsp3) is 0.788. The largest absolute Gasteiger partial charge is 0.333 e. The number of nitrogens with one attached hydrogen (secondary N) is 3. The van der Waals surface area contributed by atoms with Gasteiger partial charge in [0.15, 0.2) is 0 Å². The third-order valence-corrected chi connectivity index (χ3v) is 8.60. The van der Waals surface area contributed by atoms with Crippen LogP contribution in [0.15, 0.2) is 18.2 Å². The first-order valence-corrected chi connectivity index (χ1v) is 17.9. The zero-order valence-electron chi connectivity index (χ0n) is 27.8. The Morgan fingerprint density at radius 1 is 0.707 bits per heavy atom. The van der Waals surface area contributed by atoms with Crippen LogP contribution in [0.5, 0.6) is 0 Å². The average Bonchev–Trinajstić information content (AvgIpc) is 2.91. The number of urea groups is 1. The number of amides is 2. The lowest BCUT2D eigenvalue weighted by Crippen LogP contribution is -2.46. The van der Waals surface area contributed by atoms with E-state index in [1.54, 1.807) is 0 Å². The van der Waals surface area contributed by atoms with Gasteiger partial charge in [0, 0.05) is 18.8 Å². The second-order valence-corrected chi connectivity index (χ2v) is 13.3. The van der Waals surface area contributed by atoms with Gasteiger partial charge in [-0.15, -0.1) is 0 Å². The molecule has 240 valence electrons. The molecule has 0 bridgehead atoms. The van der Waals surface area contributed by atoms with Crippen molar-refractivity contribution < 1.29 is 13.2 Å². The quantitative estimate of drug-likeness (QED) is 0.124. The van der Waals surface area contributed by atoms with Crippen LogP contribution in [0.4, 0.5) is 10.5 Å². The lowest BCUT2D eigenvalue weighted by Gasteiger charge is -2.24. The molecule has 0 unspecified atom stereocenters. The molecule has 1 rings (SSSR count). The van der Waals surface area contributed by atoms with Crippen molar-refractivity contribution in [2.45, 2.75) is 144 Å². The SMILES string of the molecule is CCCCCN(CCCCC)S(=O)(=O)NC(=O)Nc1c(C(C)C)cccc1C(C)C.CCCCCNCCCCC. The molecule has 1 aromatic rings. The highest BCUT2D eigenvalue weighted by Gasteiger charge is 2.25. The van der Waals surface area contributed by atoms with Crippen LogP contribution in [-0.2, 0) is 10.2 Å². The molecule has 0 saturated carbocycles. The van der Waals surface area contributed by atoms with E-state index in [1.165, 1.54) is 55.9 Å². The Morgan fingerprint density at radius 3 is 1.51 bits per heavy atom. The number of hydrogen-bond donors (Lipinski definition) is 3. The van der Waals surface area contributed by atoms with Crippen LogP contribution in [0, 0.1) is 0 Å². The lowest BCUT2D eigenvalue weighted by atomic mass is 9.93. The van der Waals surface area contributed by atoms with Crippen LogP contribution in [0.3, 0.4) is 0 Å². The number of anilines is 1. The van der Waals surface area contributed by atoms with Gasteiger partial charge in [0.1, 0.15) is 0 Å². The summed E-state index contributed by atoms with van der Waals surface area (Å²) in [6, 6.07) is 5.22. The number of rotatable bonds is 21. The molecule has 0 aliphatic carbocycles. The highest BCUT2D eigenvalue weighted by molar-refractivity contribution is 7.87. The van der Waals surface area contributed by atoms with Gasteiger partial charge >= 0.3 is 16.2 Å². The van der Waals surface area contributed by atoms with E-state index in [9.17, 15) is 13.2 Å². The summed E-state index contributed by atoms with van der Waals surface area (Å²) >= 11 is 0. The molecule has 41 heavy (non-hydrogen) atoms. The van der Waals surface area contributed by atoms with Crippen molar-refractivity contribution in [3.05, 3.63) is 29.3 Å². The van der Waals surface area contributed by atoms with Crippen molar-refractivity contribution in [2.24, 2.45) is 0 Å². The van der Waals surface area contributed by atoms with E-state index >= 15 is 0 Å². The summed E-state index contributed by atoms with van der Waals surface area (Å²) in [4.78, 5) is 12.7. The van der Waals surface area contributed by atoms with Crippen molar-refractivity contribution in [3.8, 4) is 0 Å². The molecule has 8 heteroatoms. The Kier molecular flexibility index (Phi) is 22.9. The molecular formula is C33H64N4O3S. The van der Waals surface area contributed by atoms with Gasteiger partial charge in [-0.3, -0.25) is 0 Å². The maximum atomic E-state index is 12.9. The third-order valence-electron chi connectivity index (χ3n) is 7.11. The molecule has 0 atom stereocenters. The molecule has 1 aromatic carbocycles. The molecule has 3 N–H and O–H groups in total. The Bertz CT molecular complexity index is 859. The molecule has 2 amide bonds. The number of unbranched alkanes of at least 4 members (excludes halogenated alkanes) is 8. The van der Waals surface area contributed by atoms with E-state index in [2.05, 4.69) is 70.7 Å². The first-order valence-electron chi connectivity index (χ1n) is 16.5. The molecule has 0 radical (unpaired) electrons. The van der Waals surface area contributed by atoms with Crippen LogP contribution < -0.4 is 15.4 Å². The smallest absolute Gasteiger partial charge is 0.317 e. The summed E-state index contributed by atoms with van der Waals surface area (Å²) in [5.41, 5.74) is 2.70. The molecule has 0 fully saturated rings. The summed E-state index contributed by atoms with van der Waals surface area (Å²) in [6.45, 7) is 20.2. The molecule has 0 aliphatic heterocycles. The molecule has 0 heterocycles. The minimum absolute atomic E-state index is 0.204. The zero-order valence-corrected chi connectivity index (χ0v) is 28.6. The van der Waals surface area contributed by atoms with E-state index in [0.29, 0.717) is 18.8 Å². The van der Waals surface area contributed by atoms with Gasteiger partial charge in [-0.1, -0.05) is 125 Å². The van der Waals surface area contributed by atoms with Gasteiger partial charge in [-0.2, -0.15) is 12.7 Å². The maximum Gasteiger partial charge on any atom is 0.333 e. The number of hydrogen-bond acceptors (Lipinski definition) is 4. The summed E-state index contributed by atoms with van der Waals surface area (Å²) in [5, 5.41) is 6.29. The Balaban J connectivity index is 0.00000122. The van der Waals surface area contributed by atoms with Crippen LogP contribution in [-0.4, -0.2) is 44.9 Å². The van der Waals surface area contributed by atoms with E-state index < -0.39 is 16.2 Å². The predicted molar refractivity (Wildman–Crippen MR) is 178 cm³/mol. The van der Waals surface area contributed by atoms with E-state index in [0.717, 1.165) is 49.7 Å². The number of benzene rings is 1. The topological polar surface area (TPSA) is 90.5 Å². The summed E-state index contributed by atoms with van der Waals surface area (Å²) in [7, 11) is -3.90. The van der Waals surface area contributed by atoms with Crippen molar-refractivity contribution in [2.75, 3.05) is 31.5 Å². The first kappa shape index (κ1) is 39.4. The average molecular weight is 597 g/mol. The van der Waals surface area contributed by atoms with Crippen LogP contribution in [0.25, 0.3) is 0 Å². The molecular weight excluding hydrogens is 532 g/mol. The number of para-hydroxylation sites is 1. The van der Waals surface area contributed by atoms with Crippen molar-refractivity contribution >= 4 is 21.9 Å². The fourth-order valence-electron chi connectivity index (χ4n) is 4.57. The van der Waals surface area contributed by atoms with Crippen LogP contribution >= 0.6 is 0 Å². The number of carbonyl (C=O) groups excluding carboxylic acids is 1. The number of carbonyl (C=O) groups is 1. The lowest BCUT2D eigenvalue weighted by molar-refractivity contribution is 0.255. The van der Waals surface area contributed by atoms with E-state index in [4.69, 9.17) is 0 Å². The highest BCUT2D eigenvalue weighted by atomic mass is 32.2. The third kappa shape index (κ3) is 17.8. The van der Waals surface area contributed by atoms with Gasteiger partial charge < -0.3 is 10.6 Å². The van der Waals surface area contributed by atoms with Crippen molar-refractivity contribution in [1.82, 2.24) is 14.3 Å². The molecule has 0 aromatic heterocycles. The van der Waals surface area contributed by atoms with E-state index in [1.807, 2.05) is 18.2 Å². The second kappa shape index (κ2) is 23.9. The number of nitrogens with zero attached hydrogens (tertiary/aromatic N) is 1. The molecule has 7 nitrogen and oxygen atoms in total. The Hall–Kier alpha value is -1.64. The normalized spacial score (nSPS) is 11.6. The maximum absolute atomic E-state index is 12.9. The van der Waals surface area contributed by atoms with Gasteiger partial charge in [-0.05, 0) is 61.7 Å². The van der Waals surface area contributed by atoms with Crippen molar-refractivity contribution in [1.29, 1.82) is 0 Å². The monoisotopic (exact) mass is 596 g/mol. The Labute approximate surface area is 254 Å². The predicted octanol–water partition coefficient (Wildman–Crippen LogP) is 8.94. The fourth-order valence-corrected chi connectivity index (χ4v) is 5.72. The minimum atomic E-state index is -3.90. The first-order chi connectivity index (χ1) is 19.5. The van der Waals surface area contributed by atoms with Gasteiger partial charge in [0.2, 0.25) is 0 Å². The highest BCUT2D eigenvalue weighted by Crippen LogP contribution is 2.32. The summed E-state index contributed by atoms with van der Waals surface area (Å²) in [6.07, 6.45) is 13.6. The molecule has 0 aliphatic rings. The molecule has 0 spiro atoms. The second-order valence-electron chi connectivity index (χ2n) is 11.7. The van der Waals surface area contributed by atoms with Gasteiger partial charge in [0.05, 0.1) is 0 Å². The Morgan fingerprint density at radius 2 is 1.12 bits per heavy atom. The standard InChI is InChI=1S/C23H41N3O3S.C10H23N/c1-7-9-11-16-26(17-12-10-8-2)30(28,29)25-23(27)24-22-20(18(3)4)14-13-15-21(22)19(5)6;1-3-5-7-9-11-10-8-6-4-2/h13-15,18-19H,7-12,16-17H2,1-6H3,(H2,24,25,27);11H,3-10H2,1-2H3. The zero-order chi connectivity index (χ0) is 31.1. The minimum Gasteiger partial charge on any atom is -0.317 e. The molecule has 0 saturated heterocycles. The van der Waals surface area contributed by atoms with E-state index in [-0.39, 0.29) is 11.8 Å². The van der Waals surface area contributed by atoms with Gasteiger partial charge in [-0.25, -0.2) is 9.52 Å². The van der Waals surface area contributed by atoms with Crippen molar-refractivity contribution in [3.63, 3.8) is 0 Å². The summed E-state index contributed by atoms with van der Waals surface area (Å²) < 4.78 is 29.5. The van der Waals surface area contributed by atoms with Crippen LogP contribution in [0.2, 0.25) is 0 Å².